The quantitative estimate of drug-likeness (QED) is 0.709. The number of rotatable bonds is 0. The summed E-state index contributed by atoms with van der Waals surface area (Å²) in [6, 6.07) is 15.5. The van der Waals surface area contributed by atoms with Gasteiger partial charge in [-0.05, 0) is 30.3 Å². The van der Waals surface area contributed by atoms with Crippen LogP contribution in [0.5, 0.6) is 0 Å². The Balaban J connectivity index is 2.29. The maximum Gasteiger partial charge on any atom is 0.149 e. The van der Waals surface area contributed by atoms with Crippen LogP contribution in [-0.2, 0) is 0 Å². The van der Waals surface area contributed by atoms with Crippen molar-refractivity contribution in [3.63, 3.8) is 0 Å². The highest BCUT2D eigenvalue weighted by Crippen LogP contribution is 2.40. The van der Waals surface area contributed by atoms with Crippen molar-refractivity contribution in [2.24, 2.45) is 4.99 Å². The molecule has 1 aliphatic rings. The van der Waals surface area contributed by atoms with Gasteiger partial charge in [-0.15, -0.1) is 0 Å². The molecule has 4 heteroatoms. The molecule has 0 N–H and O–H groups in total. The van der Waals surface area contributed by atoms with E-state index < -0.39 is 0 Å². The van der Waals surface area contributed by atoms with E-state index >= 15 is 0 Å². The molecule has 0 bridgehead atoms. The molecular formula is C14H7ClN2S. The van der Waals surface area contributed by atoms with E-state index in [4.69, 9.17) is 11.6 Å². The summed E-state index contributed by atoms with van der Waals surface area (Å²) in [5, 5.41) is 9.86. The lowest BCUT2D eigenvalue weighted by atomic mass is 10.1. The summed E-state index contributed by atoms with van der Waals surface area (Å²) in [6.07, 6.45) is 0. The van der Waals surface area contributed by atoms with Crippen LogP contribution in [0.4, 0.5) is 5.69 Å². The minimum absolute atomic E-state index is 0.407. The number of para-hydroxylation sites is 1. The van der Waals surface area contributed by atoms with Gasteiger partial charge in [0.1, 0.15) is 11.8 Å². The van der Waals surface area contributed by atoms with Crippen LogP contribution in [0.15, 0.2) is 57.2 Å². The highest BCUT2D eigenvalue weighted by Gasteiger charge is 2.17. The van der Waals surface area contributed by atoms with Crippen molar-refractivity contribution in [3.05, 3.63) is 53.1 Å². The molecule has 0 spiro atoms. The largest absolute Gasteiger partial charge is 0.236 e. The Labute approximate surface area is 114 Å². The van der Waals surface area contributed by atoms with Crippen LogP contribution in [0, 0.1) is 11.3 Å². The molecule has 2 aromatic carbocycles. The van der Waals surface area contributed by atoms with Crippen molar-refractivity contribution in [1.82, 2.24) is 0 Å². The molecule has 0 aliphatic carbocycles. The Hall–Kier alpha value is -1.76. The van der Waals surface area contributed by atoms with Crippen LogP contribution >= 0.6 is 23.4 Å². The second-order valence-corrected chi connectivity index (χ2v) is 5.30. The topological polar surface area (TPSA) is 36.1 Å². The predicted molar refractivity (Wildman–Crippen MR) is 73.8 cm³/mol. The number of benzene rings is 2. The first-order valence-electron chi connectivity index (χ1n) is 5.33. The first kappa shape index (κ1) is 11.3. The summed E-state index contributed by atoms with van der Waals surface area (Å²) in [7, 11) is 0. The SMILES string of the molecule is N#CC1=Nc2ccccc2Sc2ccc(Cl)cc21. The first-order valence-corrected chi connectivity index (χ1v) is 6.53. The van der Waals surface area contributed by atoms with Gasteiger partial charge in [0.25, 0.3) is 0 Å². The third kappa shape index (κ3) is 1.90. The molecule has 0 unspecified atom stereocenters. The Morgan fingerprint density at radius 1 is 1.11 bits per heavy atom. The van der Waals surface area contributed by atoms with E-state index in [9.17, 15) is 5.26 Å². The summed E-state index contributed by atoms with van der Waals surface area (Å²) in [4.78, 5) is 6.47. The number of aliphatic imine (C=N–C) groups is 1. The van der Waals surface area contributed by atoms with Crippen LogP contribution in [0.1, 0.15) is 5.56 Å². The lowest BCUT2D eigenvalue weighted by Gasteiger charge is -2.04. The maximum atomic E-state index is 9.25. The second-order valence-electron chi connectivity index (χ2n) is 3.78. The number of fused-ring (bicyclic) bond motifs is 2. The third-order valence-electron chi connectivity index (χ3n) is 2.62. The number of nitrogens with zero attached hydrogens (tertiary/aromatic N) is 2. The molecule has 0 fully saturated rings. The highest BCUT2D eigenvalue weighted by atomic mass is 35.5. The number of nitriles is 1. The molecule has 86 valence electrons. The predicted octanol–water partition coefficient (Wildman–Crippen LogP) is 4.45. The van der Waals surface area contributed by atoms with Gasteiger partial charge in [0.15, 0.2) is 0 Å². The van der Waals surface area contributed by atoms with Crippen molar-refractivity contribution in [2.75, 3.05) is 0 Å². The number of hydrogen-bond donors (Lipinski definition) is 0. The zero-order chi connectivity index (χ0) is 12.5. The minimum Gasteiger partial charge on any atom is -0.236 e. The van der Waals surface area contributed by atoms with Gasteiger partial charge in [-0.25, -0.2) is 4.99 Å². The van der Waals surface area contributed by atoms with Crippen molar-refractivity contribution < 1.29 is 0 Å². The van der Waals surface area contributed by atoms with Gasteiger partial charge in [0.05, 0.1) is 5.69 Å². The van der Waals surface area contributed by atoms with E-state index in [1.165, 1.54) is 0 Å². The van der Waals surface area contributed by atoms with E-state index in [-0.39, 0.29) is 0 Å². The van der Waals surface area contributed by atoms with E-state index in [0.29, 0.717) is 10.7 Å². The summed E-state index contributed by atoms with van der Waals surface area (Å²) in [5.74, 6) is 0. The van der Waals surface area contributed by atoms with Crippen LogP contribution in [0.25, 0.3) is 0 Å². The fraction of sp³-hybridized carbons (Fsp3) is 0. The van der Waals surface area contributed by atoms with Crippen molar-refractivity contribution >= 4 is 34.8 Å². The molecule has 0 saturated heterocycles. The molecule has 2 nitrogen and oxygen atoms in total. The Kier molecular flexibility index (Phi) is 2.83. The standard InChI is InChI=1S/C14H7ClN2S/c15-9-5-6-13-10(7-9)12(8-16)17-11-3-1-2-4-14(11)18-13/h1-7H. The van der Waals surface area contributed by atoms with Crippen LogP contribution in [0.3, 0.4) is 0 Å². The van der Waals surface area contributed by atoms with Gasteiger partial charge < -0.3 is 0 Å². The molecule has 2 aromatic rings. The molecule has 1 aliphatic heterocycles. The molecule has 3 rings (SSSR count). The first-order chi connectivity index (χ1) is 8.78. The zero-order valence-corrected chi connectivity index (χ0v) is 10.8. The van der Waals surface area contributed by atoms with Crippen LogP contribution < -0.4 is 0 Å². The summed E-state index contributed by atoms with van der Waals surface area (Å²) < 4.78 is 0. The van der Waals surface area contributed by atoms with E-state index in [2.05, 4.69) is 11.1 Å². The molecule has 0 aromatic heterocycles. The molecule has 0 saturated carbocycles. The summed E-state index contributed by atoms with van der Waals surface area (Å²) in [6.45, 7) is 0. The van der Waals surface area contributed by atoms with Gasteiger partial charge in [-0.3, -0.25) is 0 Å². The average Bonchev–Trinajstić information content (AvgIpc) is 2.54. The third-order valence-corrected chi connectivity index (χ3v) is 4.00. The number of hydrogen-bond acceptors (Lipinski definition) is 3. The smallest absolute Gasteiger partial charge is 0.149 e. The summed E-state index contributed by atoms with van der Waals surface area (Å²) in [5.41, 5.74) is 2.03. The highest BCUT2D eigenvalue weighted by molar-refractivity contribution is 7.99. The van der Waals surface area contributed by atoms with Crippen LogP contribution in [-0.4, -0.2) is 5.71 Å². The molecule has 18 heavy (non-hydrogen) atoms. The Bertz CT molecular complexity index is 701. The zero-order valence-electron chi connectivity index (χ0n) is 9.22. The van der Waals surface area contributed by atoms with Crippen molar-refractivity contribution in [1.29, 1.82) is 5.26 Å². The fourth-order valence-corrected chi connectivity index (χ4v) is 2.97. The maximum absolute atomic E-state index is 9.25. The van der Waals surface area contributed by atoms with Gasteiger partial charge in [-0.2, -0.15) is 5.26 Å². The van der Waals surface area contributed by atoms with E-state index in [0.717, 1.165) is 21.0 Å². The Morgan fingerprint density at radius 3 is 2.78 bits per heavy atom. The molecular weight excluding hydrogens is 264 g/mol. The Morgan fingerprint density at radius 2 is 1.94 bits per heavy atom. The number of halogens is 1. The summed E-state index contributed by atoms with van der Waals surface area (Å²) >= 11 is 7.60. The second kappa shape index (κ2) is 4.49. The normalized spacial score (nSPS) is 12.8. The monoisotopic (exact) mass is 270 g/mol. The lowest BCUT2D eigenvalue weighted by molar-refractivity contribution is 1.38. The fourth-order valence-electron chi connectivity index (χ4n) is 1.80. The van der Waals surface area contributed by atoms with Crippen molar-refractivity contribution in [3.8, 4) is 6.07 Å². The minimum atomic E-state index is 0.407. The van der Waals surface area contributed by atoms with Gasteiger partial charge in [-0.1, -0.05) is 35.5 Å². The molecule has 0 radical (unpaired) electrons. The van der Waals surface area contributed by atoms with Crippen molar-refractivity contribution in [2.45, 2.75) is 9.79 Å². The van der Waals surface area contributed by atoms with Gasteiger partial charge >= 0.3 is 0 Å². The van der Waals surface area contributed by atoms with Crippen LogP contribution in [0.2, 0.25) is 5.02 Å². The van der Waals surface area contributed by atoms with E-state index in [1.807, 2.05) is 36.4 Å². The molecule has 0 atom stereocenters. The molecule has 0 amide bonds. The van der Waals surface area contributed by atoms with Gasteiger partial charge in [0.2, 0.25) is 0 Å². The lowest BCUT2D eigenvalue weighted by Crippen LogP contribution is -1.97. The van der Waals surface area contributed by atoms with E-state index in [1.54, 1.807) is 17.8 Å². The molecule has 1 heterocycles. The average molecular weight is 271 g/mol. The van der Waals surface area contributed by atoms with Gasteiger partial charge in [0, 0.05) is 20.4 Å².